The zero-order valence-corrected chi connectivity index (χ0v) is 11.8. The first-order valence-corrected chi connectivity index (χ1v) is 6.26. The first-order chi connectivity index (χ1) is 8.32. The van der Waals surface area contributed by atoms with Crippen LogP contribution in [0.15, 0.2) is 0 Å². The molecule has 1 aliphatic rings. The minimum Gasteiger partial charge on any atom is -0.444 e. The van der Waals surface area contributed by atoms with Crippen molar-refractivity contribution in [1.82, 2.24) is 4.90 Å². The molecule has 1 rings (SSSR count). The van der Waals surface area contributed by atoms with Crippen molar-refractivity contribution in [2.45, 2.75) is 39.2 Å². The number of piperidine rings is 1. The van der Waals surface area contributed by atoms with Gasteiger partial charge in [0, 0.05) is 20.2 Å². The van der Waals surface area contributed by atoms with E-state index in [0.717, 1.165) is 12.8 Å². The van der Waals surface area contributed by atoms with Crippen molar-refractivity contribution in [3.05, 3.63) is 0 Å². The van der Waals surface area contributed by atoms with Gasteiger partial charge in [0.05, 0.1) is 12.0 Å². The summed E-state index contributed by atoms with van der Waals surface area (Å²) >= 11 is 0. The van der Waals surface area contributed by atoms with Gasteiger partial charge in [-0.2, -0.15) is 0 Å². The maximum Gasteiger partial charge on any atom is 0.410 e. The number of hydrogen-bond donors (Lipinski definition) is 0. The van der Waals surface area contributed by atoms with E-state index in [-0.39, 0.29) is 11.5 Å². The molecule has 0 aromatic carbocycles. The number of nitrogens with zero attached hydrogens (tertiary/aromatic N) is 1. The molecular formula is C14H23NO3. The van der Waals surface area contributed by atoms with Crippen LogP contribution in [0.2, 0.25) is 0 Å². The fourth-order valence-corrected chi connectivity index (χ4v) is 2.05. The number of ether oxygens (including phenoxy) is 2. The molecule has 1 fully saturated rings. The van der Waals surface area contributed by atoms with E-state index in [0.29, 0.717) is 19.7 Å². The van der Waals surface area contributed by atoms with E-state index in [4.69, 9.17) is 15.9 Å². The highest BCUT2D eigenvalue weighted by Gasteiger charge is 2.35. The monoisotopic (exact) mass is 253 g/mol. The number of hydrogen-bond acceptors (Lipinski definition) is 3. The molecule has 102 valence electrons. The van der Waals surface area contributed by atoms with Crippen LogP contribution in [0, 0.1) is 17.8 Å². The number of terminal acetylenes is 1. The standard InChI is InChI=1S/C14H23NO3/c1-6-14(11-17-5)7-9-15(10-8-14)12(16)18-13(2,3)4/h1H,7-11H2,2-5H3. The molecule has 0 N–H and O–H groups in total. The van der Waals surface area contributed by atoms with Gasteiger partial charge < -0.3 is 14.4 Å². The van der Waals surface area contributed by atoms with Crippen LogP contribution in [-0.2, 0) is 9.47 Å². The first kappa shape index (κ1) is 14.8. The van der Waals surface area contributed by atoms with Crippen LogP contribution in [-0.4, -0.2) is 43.4 Å². The Morgan fingerprint density at radius 1 is 1.39 bits per heavy atom. The third-order valence-corrected chi connectivity index (χ3v) is 3.10. The maximum atomic E-state index is 11.9. The summed E-state index contributed by atoms with van der Waals surface area (Å²) in [6.45, 7) is 7.40. The number of carbonyl (C=O) groups is 1. The Hall–Kier alpha value is -1.21. The topological polar surface area (TPSA) is 38.8 Å². The smallest absolute Gasteiger partial charge is 0.410 e. The van der Waals surface area contributed by atoms with Gasteiger partial charge in [0.25, 0.3) is 0 Å². The number of rotatable bonds is 2. The van der Waals surface area contributed by atoms with Gasteiger partial charge in [0.15, 0.2) is 0 Å². The molecular weight excluding hydrogens is 230 g/mol. The molecule has 1 saturated heterocycles. The van der Waals surface area contributed by atoms with Crippen LogP contribution >= 0.6 is 0 Å². The average Bonchev–Trinajstić information content (AvgIpc) is 2.28. The fraction of sp³-hybridized carbons (Fsp3) is 0.786. The Kier molecular flexibility index (Phi) is 4.64. The van der Waals surface area contributed by atoms with Crippen molar-refractivity contribution in [1.29, 1.82) is 0 Å². The van der Waals surface area contributed by atoms with Crippen molar-refractivity contribution in [3.8, 4) is 12.3 Å². The lowest BCUT2D eigenvalue weighted by atomic mass is 9.80. The summed E-state index contributed by atoms with van der Waals surface area (Å²) in [4.78, 5) is 13.6. The van der Waals surface area contributed by atoms with Crippen LogP contribution in [0.5, 0.6) is 0 Å². The van der Waals surface area contributed by atoms with Crippen molar-refractivity contribution in [2.24, 2.45) is 5.41 Å². The predicted octanol–water partition coefficient (Wildman–Crippen LogP) is 2.28. The predicted molar refractivity (Wildman–Crippen MR) is 70.2 cm³/mol. The SMILES string of the molecule is C#CC1(COC)CCN(C(=O)OC(C)(C)C)CC1. The van der Waals surface area contributed by atoms with E-state index in [1.165, 1.54) is 0 Å². The normalized spacial score (nSPS) is 19.2. The molecule has 0 saturated carbocycles. The van der Waals surface area contributed by atoms with E-state index >= 15 is 0 Å². The molecule has 0 atom stereocenters. The second-order valence-corrected chi connectivity index (χ2v) is 5.83. The molecule has 0 bridgehead atoms. The first-order valence-electron chi connectivity index (χ1n) is 6.26. The summed E-state index contributed by atoms with van der Waals surface area (Å²) in [7, 11) is 1.65. The lowest BCUT2D eigenvalue weighted by Gasteiger charge is -2.38. The van der Waals surface area contributed by atoms with Gasteiger partial charge in [-0.05, 0) is 33.6 Å². The van der Waals surface area contributed by atoms with E-state index in [1.54, 1.807) is 12.0 Å². The molecule has 0 aliphatic carbocycles. The highest BCUT2D eigenvalue weighted by atomic mass is 16.6. The van der Waals surface area contributed by atoms with Gasteiger partial charge >= 0.3 is 6.09 Å². The number of likely N-dealkylation sites (tertiary alicyclic amines) is 1. The third kappa shape index (κ3) is 3.92. The lowest BCUT2D eigenvalue weighted by Crippen LogP contribution is -2.46. The number of amides is 1. The van der Waals surface area contributed by atoms with Crippen molar-refractivity contribution < 1.29 is 14.3 Å². The molecule has 0 unspecified atom stereocenters. The average molecular weight is 253 g/mol. The van der Waals surface area contributed by atoms with Gasteiger partial charge in [-0.1, -0.05) is 5.92 Å². The Labute approximate surface area is 110 Å². The maximum absolute atomic E-state index is 11.9. The van der Waals surface area contributed by atoms with Crippen molar-refractivity contribution >= 4 is 6.09 Å². The van der Waals surface area contributed by atoms with E-state index in [2.05, 4.69) is 5.92 Å². The molecule has 1 aliphatic heterocycles. The van der Waals surface area contributed by atoms with Gasteiger partial charge in [0.1, 0.15) is 5.60 Å². The van der Waals surface area contributed by atoms with E-state index in [9.17, 15) is 4.79 Å². The molecule has 0 aromatic heterocycles. The molecule has 4 heteroatoms. The van der Waals surface area contributed by atoms with Crippen LogP contribution in [0.3, 0.4) is 0 Å². The van der Waals surface area contributed by atoms with E-state index in [1.807, 2.05) is 20.8 Å². The minimum absolute atomic E-state index is 0.229. The van der Waals surface area contributed by atoms with Gasteiger partial charge in [-0.3, -0.25) is 0 Å². The summed E-state index contributed by atoms with van der Waals surface area (Å²) in [6, 6.07) is 0. The number of methoxy groups -OCH3 is 1. The van der Waals surface area contributed by atoms with Gasteiger partial charge in [-0.25, -0.2) is 4.79 Å². The van der Waals surface area contributed by atoms with E-state index < -0.39 is 5.60 Å². The Morgan fingerprint density at radius 3 is 2.33 bits per heavy atom. The van der Waals surface area contributed by atoms with Crippen molar-refractivity contribution in [2.75, 3.05) is 26.8 Å². The van der Waals surface area contributed by atoms with Crippen LogP contribution < -0.4 is 0 Å². The summed E-state index contributed by atoms with van der Waals surface area (Å²) in [5, 5.41) is 0. The summed E-state index contributed by atoms with van der Waals surface area (Å²) < 4.78 is 10.5. The molecule has 0 radical (unpaired) electrons. The van der Waals surface area contributed by atoms with Crippen LogP contribution in [0.25, 0.3) is 0 Å². The molecule has 18 heavy (non-hydrogen) atoms. The Morgan fingerprint density at radius 2 is 1.94 bits per heavy atom. The Balaban J connectivity index is 2.54. The highest BCUT2D eigenvalue weighted by Crippen LogP contribution is 2.31. The summed E-state index contributed by atoms with van der Waals surface area (Å²) in [5.74, 6) is 2.82. The molecule has 4 nitrogen and oxygen atoms in total. The zero-order valence-electron chi connectivity index (χ0n) is 11.8. The largest absolute Gasteiger partial charge is 0.444 e. The van der Waals surface area contributed by atoms with Gasteiger partial charge in [0.2, 0.25) is 0 Å². The summed E-state index contributed by atoms with van der Waals surface area (Å²) in [5.41, 5.74) is -0.683. The third-order valence-electron chi connectivity index (χ3n) is 3.10. The highest BCUT2D eigenvalue weighted by molar-refractivity contribution is 5.68. The zero-order chi connectivity index (χ0) is 13.8. The van der Waals surface area contributed by atoms with Crippen LogP contribution in [0.1, 0.15) is 33.6 Å². The van der Waals surface area contributed by atoms with Crippen LogP contribution in [0.4, 0.5) is 4.79 Å². The fourth-order valence-electron chi connectivity index (χ4n) is 2.05. The lowest BCUT2D eigenvalue weighted by molar-refractivity contribution is 0.00658. The molecule has 1 amide bonds. The van der Waals surface area contributed by atoms with Crippen molar-refractivity contribution in [3.63, 3.8) is 0 Å². The molecule has 0 aromatic rings. The second kappa shape index (κ2) is 5.62. The molecule has 1 heterocycles. The quantitative estimate of drug-likeness (QED) is 0.709. The second-order valence-electron chi connectivity index (χ2n) is 5.83. The summed E-state index contributed by atoms with van der Waals surface area (Å²) in [6.07, 6.45) is 6.85. The van der Waals surface area contributed by atoms with Gasteiger partial charge in [-0.15, -0.1) is 6.42 Å². The molecule has 0 spiro atoms. The number of carbonyl (C=O) groups excluding carboxylic acids is 1. The Bertz CT molecular complexity index is 330. The minimum atomic E-state index is -0.454.